The fourth-order valence-electron chi connectivity index (χ4n) is 6.14. The Morgan fingerprint density at radius 1 is 1.10 bits per heavy atom. The highest BCUT2D eigenvalue weighted by Crippen LogP contribution is 2.56. The highest BCUT2D eigenvalue weighted by atomic mass is 16.5. The van der Waals surface area contributed by atoms with Gasteiger partial charge in [0.05, 0.1) is 5.60 Å². The van der Waals surface area contributed by atoms with Crippen molar-refractivity contribution in [1.82, 2.24) is 0 Å². The van der Waals surface area contributed by atoms with Crippen molar-refractivity contribution in [3.05, 3.63) is 90.0 Å². The molecule has 0 radical (unpaired) electrons. The summed E-state index contributed by atoms with van der Waals surface area (Å²) in [7, 11) is 0. The second-order valence-corrected chi connectivity index (χ2v) is 9.05. The van der Waals surface area contributed by atoms with Crippen LogP contribution in [0.25, 0.3) is 0 Å². The van der Waals surface area contributed by atoms with E-state index >= 15 is 0 Å². The number of rotatable bonds is 5. The lowest BCUT2D eigenvalue weighted by molar-refractivity contribution is -0.0126. The van der Waals surface area contributed by atoms with Gasteiger partial charge < -0.3 is 9.84 Å². The first-order chi connectivity index (χ1) is 14.2. The summed E-state index contributed by atoms with van der Waals surface area (Å²) in [4.78, 5) is 0. The van der Waals surface area contributed by atoms with Crippen molar-refractivity contribution in [2.24, 2.45) is 17.8 Å². The minimum absolute atomic E-state index is 0.358. The second-order valence-electron chi connectivity index (χ2n) is 9.05. The first-order valence-corrected chi connectivity index (χ1v) is 11.0. The van der Waals surface area contributed by atoms with Gasteiger partial charge in [-0.2, -0.15) is 0 Å². The Labute approximate surface area is 173 Å². The molecule has 0 aliphatic heterocycles. The molecule has 2 heteroatoms. The molecule has 5 rings (SSSR count). The average Bonchev–Trinajstić information content (AvgIpc) is 3.09. The van der Waals surface area contributed by atoms with Crippen LogP contribution in [0.4, 0.5) is 0 Å². The first kappa shape index (κ1) is 18.7. The third-order valence-electron chi connectivity index (χ3n) is 7.49. The highest BCUT2D eigenvalue weighted by molar-refractivity contribution is 5.41. The van der Waals surface area contributed by atoms with E-state index in [-0.39, 0.29) is 0 Å². The fraction of sp³-hybridized carbons (Fsp3) is 0.407. The molecule has 0 aromatic heterocycles. The fourth-order valence-corrected chi connectivity index (χ4v) is 6.14. The number of allylic oxidation sites excluding steroid dienone is 1. The molecule has 5 unspecified atom stereocenters. The molecule has 1 N–H and O–H groups in total. The van der Waals surface area contributed by atoms with Crippen LogP contribution in [0.5, 0.6) is 5.75 Å². The second kappa shape index (κ2) is 7.50. The Bertz CT molecular complexity index is 915. The van der Waals surface area contributed by atoms with Gasteiger partial charge in [0.15, 0.2) is 0 Å². The van der Waals surface area contributed by atoms with Crippen molar-refractivity contribution < 1.29 is 9.84 Å². The molecular weight excluding hydrogens is 356 g/mol. The van der Waals surface area contributed by atoms with Gasteiger partial charge >= 0.3 is 0 Å². The van der Waals surface area contributed by atoms with Crippen LogP contribution in [0.2, 0.25) is 0 Å². The summed E-state index contributed by atoms with van der Waals surface area (Å²) in [6, 6.07) is 17.1. The summed E-state index contributed by atoms with van der Waals surface area (Å²) in [5.74, 6) is 3.09. The van der Waals surface area contributed by atoms with Crippen molar-refractivity contribution >= 4 is 0 Å². The molecule has 3 aliphatic carbocycles. The van der Waals surface area contributed by atoms with Crippen molar-refractivity contribution in [3.63, 3.8) is 0 Å². The molecule has 0 saturated heterocycles. The van der Waals surface area contributed by atoms with Gasteiger partial charge in [-0.05, 0) is 84.6 Å². The van der Waals surface area contributed by atoms with Gasteiger partial charge in [-0.1, -0.05) is 54.6 Å². The monoisotopic (exact) mass is 386 g/mol. The van der Waals surface area contributed by atoms with Crippen LogP contribution >= 0.6 is 0 Å². The highest BCUT2D eigenvalue weighted by Gasteiger charge is 2.50. The first-order valence-electron chi connectivity index (χ1n) is 11.0. The van der Waals surface area contributed by atoms with E-state index in [4.69, 9.17) is 4.74 Å². The van der Waals surface area contributed by atoms with E-state index in [1.807, 2.05) is 12.1 Å². The average molecular weight is 387 g/mol. The Kier molecular flexibility index (Phi) is 4.83. The number of fused-ring (bicyclic) bond motifs is 5. The topological polar surface area (TPSA) is 29.5 Å². The molecule has 0 spiro atoms. The molecule has 29 heavy (non-hydrogen) atoms. The lowest BCUT2D eigenvalue weighted by Crippen LogP contribution is -2.43. The zero-order valence-corrected chi connectivity index (χ0v) is 17.0. The van der Waals surface area contributed by atoms with Gasteiger partial charge in [0.25, 0.3) is 0 Å². The molecule has 0 heterocycles. The van der Waals surface area contributed by atoms with Crippen molar-refractivity contribution in [2.45, 2.75) is 50.2 Å². The number of ether oxygens (including phenoxy) is 1. The lowest BCUT2D eigenvalue weighted by Gasteiger charge is -2.46. The summed E-state index contributed by atoms with van der Waals surface area (Å²) in [6.45, 7) is 4.47. The third kappa shape index (κ3) is 3.34. The number of hydrogen-bond acceptors (Lipinski definition) is 2. The zero-order chi connectivity index (χ0) is 19.8. The van der Waals surface area contributed by atoms with E-state index < -0.39 is 5.60 Å². The Morgan fingerprint density at radius 2 is 1.97 bits per heavy atom. The predicted octanol–water partition coefficient (Wildman–Crippen LogP) is 5.81. The zero-order valence-electron chi connectivity index (χ0n) is 17.0. The van der Waals surface area contributed by atoms with Gasteiger partial charge in [-0.25, -0.2) is 0 Å². The van der Waals surface area contributed by atoms with E-state index in [1.165, 1.54) is 29.5 Å². The maximum Gasteiger partial charge on any atom is 0.120 e. The molecule has 5 atom stereocenters. The van der Waals surface area contributed by atoms with Crippen LogP contribution in [-0.4, -0.2) is 10.7 Å². The maximum absolute atomic E-state index is 11.1. The van der Waals surface area contributed by atoms with E-state index in [0.29, 0.717) is 36.7 Å². The Morgan fingerprint density at radius 3 is 2.79 bits per heavy atom. The normalized spacial score (nSPS) is 32.2. The SMILES string of the molecule is C=CCC1(O)C=CC2C3CCc4cc(OCc5ccccc5)ccc4C3CCC21. The molecule has 3 aliphatic rings. The largest absolute Gasteiger partial charge is 0.489 e. The standard InChI is InChI=1S/C27H30O2/c1-2-15-27(28)16-14-25-24-10-8-20-17-21(29-18-19-6-4-3-5-7-19)9-11-22(20)23(24)12-13-26(25)27/h2-7,9,11,14,16-17,23-26,28H,1,8,10,12-13,15,18H2. The quantitative estimate of drug-likeness (QED) is 0.657. The van der Waals surface area contributed by atoms with Crippen LogP contribution in [0.1, 0.15) is 48.3 Å². The Balaban J connectivity index is 1.32. The van der Waals surface area contributed by atoms with Crippen LogP contribution in [0.3, 0.4) is 0 Å². The lowest BCUT2D eigenvalue weighted by atomic mass is 9.59. The van der Waals surface area contributed by atoms with Crippen molar-refractivity contribution in [1.29, 1.82) is 0 Å². The van der Waals surface area contributed by atoms with Gasteiger partial charge in [0.2, 0.25) is 0 Å². The summed E-state index contributed by atoms with van der Waals surface area (Å²) < 4.78 is 6.06. The Hall–Kier alpha value is -2.32. The third-order valence-corrected chi connectivity index (χ3v) is 7.49. The molecule has 2 nitrogen and oxygen atoms in total. The van der Waals surface area contributed by atoms with Crippen LogP contribution in [0.15, 0.2) is 73.3 Å². The van der Waals surface area contributed by atoms with Crippen molar-refractivity contribution in [3.8, 4) is 5.75 Å². The molecule has 1 fully saturated rings. The maximum atomic E-state index is 11.1. The van der Waals surface area contributed by atoms with E-state index in [1.54, 1.807) is 0 Å². The van der Waals surface area contributed by atoms with Gasteiger partial charge in [-0.3, -0.25) is 0 Å². The minimum Gasteiger partial charge on any atom is -0.489 e. The number of aryl methyl sites for hydroxylation is 1. The van der Waals surface area contributed by atoms with Gasteiger partial charge in [0.1, 0.15) is 12.4 Å². The minimum atomic E-state index is -0.674. The van der Waals surface area contributed by atoms with Crippen LogP contribution in [-0.2, 0) is 13.0 Å². The van der Waals surface area contributed by atoms with Gasteiger partial charge in [-0.15, -0.1) is 6.58 Å². The number of hydrogen-bond donors (Lipinski definition) is 1. The molecular formula is C27H30O2. The smallest absolute Gasteiger partial charge is 0.120 e. The van der Waals surface area contributed by atoms with E-state index in [9.17, 15) is 5.11 Å². The molecule has 1 saturated carbocycles. The molecule has 2 aromatic carbocycles. The summed E-state index contributed by atoms with van der Waals surface area (Å²) in [5.41, 5.74) is 3.49. The van der Waals surface area contributed by atoms with Gasteiger partial charge in [0, 0.05) is 0 Å². The summed E-state index contributed by atoms with van der Waals surface area (Å²) in [6.07, 6.45) is 11.5. The van der Waals surface area contributed by atoms with E-state index in [0.717, 1.165) is 18.6 Å². The summed E-state index contributed by atoms with van der Waals surface area (Å²) >= 11 is 0. The number of benzene rings is 2. The molecule has 150 valence electrons. The molecule has 0 amide bonds. The van der Waals surface area contributed by atoms with Crippen LogP contribution in [0, 0.1) is 17.8 Å². The number of aliphatic hydroxyl groups is 1. The predicted molar refractivity (Wildman–Crippen MR) is 117 cm³/mol. The molecule has 0 bridgehead atoms. The van der Waals surface area contributed by atoms with E-state index in [2.05, 4.69) is 61.2 Å². The summed E-state index contributed by atoms with van der Waals surface area (Å²) in [5, 5.41) is 11.1. The van der Waals surface area contributed by atoms with Crippen LogP contribution < -0.4 is 4.74 Å². The molecule has 2 aromatic rings. The van der Waals surface area contributed by atoms with Crippen molar-refractivity contribution in [2.75, 3.05) is 0 Å².